The molecule has 1 heterocycles. The van der Waals surface area contributed by atoms with E-state index in [0.717, 1.165) is 22.0 Å². The van der Waals surface area contributed by atoms with Gasteiger partial charge in [0.2, 0.25) is 5.75 Å². The van der Waals surface area contributed by atoms with Gasteiger partial charge in [-0.3, -0.25) is 4.79 Å². The summed E-state index contributed by atoms with van der Waals surface area (Å²) in [7, 11) is 4.53. The van der Waals surface area contributed by atoms with E-state index in [9.17, 15) is 4.79 Å². The number of anilines is 1. The standard InChI is InChI=1S/C26H22N4O4/c1-32-23-13-17(14-24(33-2)25(23)34-3)26(31)27-18-11-12-20-21(15-18)29-30(28-20)22-10-6-8-16-7-4-5-9-19(16)22/h4-15H,1-3H3,(H,27,31). The molecule has 0 fully saturated rings. The lowest BCUT2D eigenvalue weighted by atomic mass is 10.1. The number of fused-ring (bicyclic) bond motifs is 2. The number of ether oxygens (including phenoxy) is 3. The number of hydrogen-bond donors (Lipinski definition) is 1. The summed E-state index contributed by atoms with van der Waals surface area (Å²) in [5, 5.41) is 14.3. The zero-order valence-electron chi connectivity index (χ0n) is 18.9. The van der Waals surface area contributed by atoms with Crippen molar-refractivity contribution in [1.82, 2.24) is 15.0 Å². The fourth-order valence-corrected chi connectivity index (χ4v) is 3.90. The quantitative estimate of drug-likeness (QED) is 0.395. The second-order valence-electron chi connectivity index (χ2n) is 7.56. The van der Waals surface area contributed by atoms with Crippen LogP contribution in [0.3, 0.4) is 0 Å². The van der Waals surface area contributed by atoms with Crippen LogP contribution in [0.1, 0.15) is 10.4 Å². The van der Waals surface area contributed by atoms with Gasteiger partial charge in [0.1, 0.15) is 11.0 Å². The minimum Gasteiger partial charge on any atom is -0.493 e. The Bertz CT molecular complexity index is 1500. The zero-order valence-corrected chi connectivity index (χ0v) is 18.9. The first-order chi connectivity index (χ1) is 16.6. The maximum absolute atomic E-state index is 13.0. The molecule has 0 spiro atoms. The molecule has 170 valence electrons. The Morgan fingerprint density at radius 1 is 0.794 bits per heavy atom. The average molecular weight is 454 g/mol. The molecule has 0 saturated heterocycles. The molecule has 0 unspecified atom stereocenters. The number of carbonyl (C=O) groups is 1. The molecule has 0 bridgehead atoms. The summed E-state index contributed by atoms with van der Waals surface area (Å²) >= 11 is 0. The van der Waals surface area contributed by atoms with Gasteiger partial charge in [0.15, 0.2) is 11.5 Å². The summed E-state index contributed by atoms with van der Waals surface area (Å²) in [6, 6.07) is 22.7. The summed E-state index contributed by atoms with van der Waals surface area (Å²) in [5.74, 6) is 0.911. The molecule has 0 aliphatic carbocycles. The average Bonchev–Trinajstić information content (AvgIpc) is 3.30. The Labute approximate surface area is 195 Å². The minimum absolute atomic E-state index is 0.319. The highest BCUT2D eigenvalue weighted by molar-refractivity contribution is 6.05. The summed E-state index contributed by atoms with van der Waals surface area (Å²) in [4.78, 5) is 14.6. The Morgan fingerprint density at radius 2 is 1.50 bits per heavy atom. The molecule has 0 radical (unpaired) electrons. The normalized spacial score (nSPS) is 10.9. The first-order valence-electron chi connectivity index (χ1n) is 10.6. The van der Waals surface area contributed by atoms with E-state index in [2.05, 4.69) is 27.6 Å². The minimum atomic E-state index is -0.319. The molecule has 5 aromatic rings. The predicted octanol–water partition coefficient (Wildman–Crippen LogP) is 4.85. The largest absolute Gasteiger partial charge is 0.493 e. The van der Waals surface area contributed by atoms with Gasteiger partial charge in [-0.25, -0.2) is 0 Å². The highest BCUT2D eigenvalue weighted by atomic mass is 16.5. The lowest BCUT2D eigenvalue weighted by Gasteiger charge is -2.14. The van der Waals surface area contributed by atoms with E-state index in [1.54, 1.807) is 29.1 Å². The molecule has 1 N–H and O–H groups in total. The van der Waals surface area contributed by atoms with Gasteiger partial charge in [-0.2, -0.15) is 0 Å². The molecule has 0 atom stereocenters. The zero-order chi connectivity index (χ0) is 23.7. The van der Waals surface area contributed by atoms with Crippen molar-refractivity contribution in [2.75, 3.05) is 26.6 Å². The highest BCUT2D eigenvalue weighted by Gasteiger charge is 2.17. The topological polar surface area (TPSA) is 87.5 Å². The SMILES string of the molecule is COc1cc(C(=O)Nc2ccc3nn(-c4cccc5ccccc45)nc3c2)cc(OC)c1OC. The predicted molar refractivity (Wildman–Crippen MR) is 130 cm³/mol. The third kappa shape index (κ3) is 3.75. The van der Waals surface area contributed by atoms with Crippen LogP contribution >= 0.6 is 0 Å². The third-order valence-electron chi connectivity index (χ3n) is 5.55. The first-order valence-corrected chi connectivity index (χ1v) is 10.6. The molecule has 5 rings (SSSR count). The van der Waals surface area contributed by atoms with Crippen molar-refractivity contribution >= 4 is 33.4 Å². The van der Waals surface area contributed by atoms with E-state index >= 15 is 0 Å². The molecular weight excluding hydrogens is 432 g/mol. The number of carbonyl (C=O) groups excluding carboxylic acids is 1. The van der Waals surface area contributed by atoms with Crippen molar-refractivity contribution < 1.29 is 19.0 Å². The number of nitrogens with one attached hydrogen (secondary N) is 1. The van der Waals surface area contributed by atoms with Gasteiger partial charge in [0.05, 0.1) is 27.0 Å². The highest BCUT2D eigenvalue weighted by Crippen LogP contribution is 2.38. The molecule has 8 nitrogen and oxygen atoms in total. The van der Waals surface area contributed by atoms with E-state index in [1.807, 2.05) is 36.4 Å². The van der Waals surface area contributed by atoms with Gasteiger partial charge in [0, 0.05) is 16.6 Å². The molecule has 0 aliphatic heterocycles. The van der Waals surface area contributed by atoms with Gasteiger partial charge in [-0.05, 0) is 41.8 Å². The van der Waals surface area contributed by atoms with E-state index in [4.69, 9.17) is 14.2 Å². The van der Waals surface area contributed by atoms with Gasteiger partial charge in [-0.15, -0.1) is 15.0 Å². The van der Waals surface area contributed by atoms with Crippen LogP contribution in [0.15, 0.2) is 72.8 Å². The van der Waals surface area contributed by atoms with Crippen molar-refractivity contribution in [3.63, 3.8) is 0 Å². The lowest BCUT2D eigenvalue weighted by molar-refractivity contribution is 0.102. The van der Waals surface area contributed by atoms with Gasteiger partial charge in [-0.1, -0.05) is 36.4 Å². The smallest absolute Gasteiger partial charge is 0.255 e. The third-order valence-corrected chi connectivity index (χ3v) is 5.55. The number of methoxy groups -OCH3 is 3. The van der Waals surface area contributed by atoms with E-state index < -0.39 is 0 Å². The molecule has 34 heavy (non-hydrogen) atoms. The fraction of sp³-hybridized carbons (Fsp3) is 0.115. The molecule has 1 amide bonds. The van der Waals surface area contributed by atoms with Crippen LogP contribution in [0.5, 0.6) is 17.2 Å². The van der Waals surface area contributed by atoms with Crippen molar-refractivity contribution in [2.45, 2.75) is 0 Å². The number of nitrogens with zero attached hydrogens (tertiary/aromatic N) is 3. The van der Waals surface area contributed by atoms with Crippen molar-refractivity contribution in [3.05, 3.63) is 78.4 Å². The molecular formula is C26H22N4O4. The summed E-state index contributed by atoms with van der Waals surface area (Å²) in [6.07, 6.45) is 0. The van der Waals surface area contributed by atoms with Crippen LogP contribution in [0.2, 0.25) is 0 Å². The Balaban J connectivity index is 1.46. The maximum atomic E-state index is 13.0. The van der Waals surface area contributed by atoms with Gasteiger partial charge in [0.25, 0.3) is 5.91 Å². The maximum Gasteiger partial charge on any atom is 0.255 e. The monoisotopic (exact) mass is 454 g/mol. The Morgan fingerprint density at radius 3 is 2.24 bits per heavy atom. The van der Waals surface area contributed by atoms with E-state index in [1.165, 1.54) is 21.3 Å². The number of benzene rings is 4. The number of rotatable bonds is 6. The Kier molecular flexibility index (Phi) is 5.47. The Hall–Kier alpha value is -4.59. The van der Waals surface area contributed by atoms with Gasteiger partial charge >= 0.3 is 0 Å². The number of aromatic nitrogens is 3. The molecule has 0 saturated carbocycles. The van der Waals surface area contributed by atoms with E-state index in [-0.39, 0.29) is 5.91 Å². The number of amides is 1. The van der Waals surface area contributed by atoms with Crippen molar-refractivity contribution in [2.24, 2.45) is 0 Å². The van der Waals surface area contributed by atoms with E-state index in [0.29, 0.717) is 34.0 Å². The first kappa shape index (κ1) is 21.3. The van der Waals surface area contributed by atoms with Crippen LogP contribution in [-0.4, -0.2) is 42.2 Å². The van der Waals surface area contributed by atoms with Crippen LogP contribution in [0.4, 0.5) is 5.69 Å². The second kappa shape index (κ2) is 8.74. The second-order valence-corrected chi connectivity index (χ2v) is 7.56. The summed E-state index contributed by atoms with van der Waals surface area (Å²) < 4.78 is 16.0. The molecule has 4 aromatic carbocycles. The van der Waals surface area contributed by atoms with Crippen molar-refractivity contribution in [1.29, 1.82) is 0 Å². The van der Waals surface area contributed by atoms with Crippen LogP contribution in [-0.2, 0) is 0 Å². The lowest BCUT2D eigenvalue weighted by Crippen LogP contribution is -2.12. The fourth-order valence-electron chi connectivity index (χ4n) is 3.90. The van der Waals surface area contributed by atoms with Crippen LogP contribution in [0.25, 0.3) is 27.5 Å². The molecule has 0 aliphatic rings. The van der Waals surface area contributed by atoms with Crippen LogP contribution in [0, 0.1) is 0 Å². The molecule has 1 aromatic heterocycles. The summed E-state index contributed by atoms with van der Waals surface area (Å²) in [5.41, 5.74) is 3.23. The van der Waals surface area contributed by atoms with Crippen molar-refractivity contribution in [3.8, 4) is 22.9 Å². The number of hydrogen-bond acceptors (Lipinski definition) is 6. The van der Waals surface area contributed by atoms with Gasteiger partial charge < -0.3 is 19.5 Å². The molecule has 8 heteroatoms. The summed E-state index contributed by atoms with van der Waals surface area (Å²) in [6.45, 7) is 0. The van der Waals surface area contributed by atoms with Crippen LogP contribution < -0.4 is 19.5 Å².